The van der Waals surface area contributed by atoms with E-state index in [-0.39, 0.29) is 0 Å². The van der Waals surface area contributed by atoms with Gasteiger partial charge < -0.3 is 14.7 Å². The second-order valence-corrected chi connectivity index (χ2v) is 3.96. The normalized spacial score (nSPS) is 10.1. The zero-order valence-corrected chi connectivity index (χ0v) is 10.6. The molecule has 1 N–H and O–H groups in total. The van der Waals surface area contributed by atoms with Crippen LogP contribution in [0.3, 0.4) is 0 Å². The molecule has 0 fully saturated rings. The van der Waals surface area contributed by atoms with Crippen molar-refractivity contribution in [2.75, 3.05) is 25.6 Å². The average molecular weight is 237 g/mol. The van der Waals surface area contributed by atoms with Gasteiger partial charge >= 0.3 is 5.97 Å². The van der Waals surface area contributed by atoms with Gasteiger partial charge in [0.25, 0.3) is 0 Å². The standard InChI is InChI=1S/C13H19NO3/c1-4-5-8-14(2)12-9-10(17-3)6-7-11(12)13(15)16/h6-7,9H,4-5,8H2,1-3H3,(H,15,16). The molecule has 0 unspecified atom stereocenters. The molecule has 17 heavy (non-hydrogen) atoms. The number of benzene rings is 1. The lowest BCUT2D eigenvalue weighted by Crippen LogP contribution is -2.21. The third-order valence-corrected chi connectivity index (χ3v) is 2.69. The second kappa shape index (κ2) is 6.13. The molecule has 0 saturated heterocycles. The van der Waals surface area contributed by atoms with Crippen LogP contribution in [0.25, 0.3) is 0 Å². The van der Waals surface area contributed by atoms with Gasteiger partial charge in [-0.25, -0.2) is 4.79 Å². The van der Waals surface area contributed by atoms with E-state index in [4.69, 9.17) is 9.84 Å². The van der Waals surface area contributed by atoms with Gasteiger partial charge in [0.05, 0.1) is 18.4 Å². The largest absolute Gasteiger partial charge is 0.497 e. The Bertz CT molecular complexity index is 390. The molecule has 0 aliphatic carbocycles. The van der Waals surface area contributed by atoms with Gasteiger partial charge in [0, 0.05) is 19.7 Å². The Labute approximate surface area is 102 Å². The molecule has 4 heteroatoms. The van der Waals surface area contributed by atoms with E-state index in [2.05, 4.69) is 6.92 Å². The highest BCUT2D eigenvalue weighted by Crippen LogP contribution is 2.25. The van der Waals surface area contributed by atoms with Crippen LogP contribution in [0.15, 0.2) is 18.2 Å². The lowest BCUT2D eigenvalue weighted by molar-refractivity contribution is 0.0697. The van der Waals surface area contributed by atoms with Gasteiger partial charge in [-0.15, -0.1) is 0 Å². The number of ether oxygens (including phenoxy) is 1. The summed E-state index contributed by atoms with van der Waals surface area (Å²) in [6, 6.07) is 5.01. The van der Waals surface area contributed by atoms with Gasteiger partial charge in [-0.1, -0.05) is 13.3 Å². The molecule has 1 aromatic rings. The van der Waals surface area contributed by atoms with Crippen LogP contribution in [0.5, 0.6) is 5.75 Å². The van der Waals surface area contributed by atoms with Gasteiger partial charge in [-0.05, 0) is 18.6 Å². The highest BCUT2D eigenvalue weighted by molar-refractivity contribution is 5.94. The maximum Gasteiger partial charge on any atom is 0.337 e. The summed E-state index contributed by atoms with van der Waals surface area (Å²) in [4.78, 5) is 13.1. The monoisotopic (exact) mass is 237 g/mol. The Morgan fingerprint density at radius 2 is 2.18 bits per heavy atom. The van der Waals surface area contributed by atoms with Crippen LogP contribution in [-0.2, 0) is 0 Å². The molecule has 0 spiro atoms. The van der Waals surface area contributed by atoms with Crippen LogP contribution < -0.4 is 9.64 Å². The number of rotatable bonds is 6. The Morgan fingerprint density at radius 3 is 2.71 bits per heavy atom. The van der Waals surface area contributed by atoms with Crippen molar-refractivity contribution in [2.45, 2.75) is 19.8 Å². The molecule has 0 amide bonds. The average Bonchev–Trinajstić information content (AvgIpc) is 2.34. The number of carboxylic acids is 1. The first-order valence-corrected chi connectivity index (χ1v) is 5.72. The van der Waals surface area contributed by atoms with E-state index in [9.17, 15) is 4.79 Å². The summed E-state index contributed by atoms with van der Waals surface area (Å²) in [7, 11) is 3.47. The van der Waals surface area contributed by atoms with Crippen LogP contribution in [0.1, 0.15) is 30.1 Å². The van der Waals surface area contributed by atoms with E-state index in [1.807, 2.05) is 11.9 Å². The topological polar surface area (TPSA) is 49.8 Å². The van der Waals surface area contributed by atoms with Gasteiger partial charge in [0.2, 0.25) is 0 Å². The second-order valence-electron chi connectivity index (χ2n) is 3.96. The van der Waals surface area contributed by atoms with Crippen LogP contribution in [0, 0.1) is 0 Å². The Kier molecular flexibility index (Phi) is 4.82. The van der Waals surface area contributed by atoms with Crippen molar-refractivity contribution >= 4 is 11.7 Å². The Balaban J connectivity index is 3.03. The molecule has 1 aromatic carbocycles. The van der Waals surface area contributed by atoms with Crippen molar-refractivity contribution in [1.29, 1.82) is 0 Å². The van der Waals surface area contributed by atoms with Gasteiger partial charge in [0.15, 0.2) is 0 Å². The minimum Gasteiger partial charge on any atom is -0.497 e. The number of carbonyl (C=O) groups is 1. The Morgan fingerprint density at radius 1 is 1.47 bits per heavy atom. The summed E-state index contributed by atoms with van der Waals surface area (Å²) < 4.78 is 5.12. The first-order chi connectivity index (χ1) is 8.10. The number of carboxylic acid groups (broad SMARTS) is 1. The maximum absolute atomic E-state index is 11.1. The molecule has 0 heterocycles. The lowest BCUT2D eigenvalue weighted by Gasteiger charge is -2.21. The predicted octanol–water partition coefficient (Wildman–Crippen LogP) is 2.63. The van der Waals surface area contributed by atoms with E-state index >= 15 is 0 Å². The number of aromatic carboxylic acids is 1. The molecule has 0 radical (unpaired) electrons. The molecule has 0 aliphatic rings. The molecule has 4 nitrogen and oxygen atoms in total. The van der Waals surface area contributed by atoms with Crippen molar-refractivity contribution in [3.05, 3.63) is 23.8 Å². The van der Waals surface area contributed by atoms with Crippen LogP contribution in [0.2, 0.25) is 0 Å². The number of nitrogens with zero attached hydrogens (tertiary/aromatic N) is 1. The zero-order valence-electron chi connectivity index (χ0n) is 10.6. The number of methoxy groups -OCH3 is 1. The lowest BCUT2D eigenvalue weighted by atomic mass is 10.1. The van der Waals surface area contributed by atoms with E-state index < -0.39 is 5.97 Å². The van der Waals surface area contributed by atoms with E-state index in [0.717, 1.165) is 19.4 Å². The summed E-state index contributed by atoms with van der Waals surface area (Å²) >= 11 is 0. The summed E-state index contributed by atoms with van der Waals surface area (Å²) in [6.07, 6.45) is 2.11. The fourth-order valence-electron chi connectivity index (χ4n) is 1.65. The minimum absolute atomic E-state index is 0.310. The molecule has 0 saturated carbocycles. The number of hydrogen-bond donors (Lipinski definition) is 1. The number of hydrogen-bond acceptors (Lipinski definition) is 3. The molecular formula is C13H19NO3. The number of anilines is 1. The molecule has 0 aromatic heterocycles. The smallest absolute Gasteiger partial charge is 0.337 e. The fraction of sp³-hybridized carbons (Fsp3) is 0.462. The van der Waals surface area contributed by atoms with Gasteiger partial charge in [0.1, 0.15) is 5.75 Å². The van der Waals surface area contributed by atoms with E-state index in [1.165, 1.54) is 0 Å². The molecule has 0 aliphatic heterocycles. The van der Waals surface area contributed by atoms with Crippen molar-refractivity contribution < 1.29 is 14.6 Å². The van der Waals surface area contributed by atoms with Crippen molar-refractivity contribution in [3.63, 3.8) is 0 Å². The van der Waals surface area contributed by atoms with Crippen LogP contribution in [-0.4, -0.2) is 31.8 Å². The van der Waals surface area contributed by atoms with E-state index in [1.54, 1.807) is 25.3 Å². The SMILES string of the molecule is CCCCN(C)c1cc(OC)ccc1C(=O)O. The maximum atomic E-state index is 11.1. The summed E-state index contributed by atoms with van der Waals surface area (Å²) in [6.45, 7) is 2.95. The van der Waals surface area contributed by atoms with Crippen molar-refractivity contribution in [3.8, 4) is 5.75 Å². The molecule has 94 valence electrons. The minimum atomic E-state index is -0.911. The fourth-order valence-corrected chi connectivity index (χ4v) is 1.65. The zero-order chi connectivity index (χ0) is 12.8. The quantitative estimate of drug-likeness (QED) is 0.826. The summed E-state index contributed by atoms with van der Waals surface area (Å²) in [5.74, 6) is -0.237. The van der Waals surface area contributed by atoms with E-state index in [0.29, 0.717) is 17.0 Å². The summed E-state index contributed by atoms with van der Waals surface area (Å²) in [5, 5.41) is 9.14. The van der Waals surface area contributed by atoms with Crippen molar-refractivity contribution in [2.24, 2.45) is 0 Å². The molecular weight excluding hydrogens is 218 g/mol. The molecule has 1 rings (SSSR count). The Hall–Kier alpha value is -1.71. The van der Waals surface area contributed by atoms with Crippen molar-refractivity contribution in [1.82, 2.24) is 0 Å². The number of unbranched alkanes of at least 4 members (excludes halogenated alkanes) is 1. The highest BCUT2D eigenvalue weighted by atomic mass is 16.5. The highest BCUT2D eigenvalue weighted by Gasteiger charge is 2.14. The first kappa shape index (κ1) is 13.4. The third-order valence-electron chi connectivity index (χ3n) is 2.69. The van der Waals surface area contributed by atoms with Crippen LogP contribution in [0.4, 0.5) is 5.69 Å². The molecule has 0 atom stereocenters. The van der Waals surface area contributed by atoms with Crippen LogP contribution >= 0.6 is 0 Å². The third kappa shape index (κ3) is 3.37. The molecule has 0 bridgehead atoms. The first-order valence-electron chi connectivity index (χ1n) is 5.72. The van der Waals surface area contributed by atoms with Gasteiger partial charge in [-0.2, -0.15) is 0 Å². The van der Waals surface area contributed by atoms with Gasteiger partial charge in [-0.3, -0.25) is 0 Å². The summed E-state index contributed by atoms with van der Waals surface area (Å²) in [5.41, 5.74) is 1.01. The predicted molar refractivity (Wildman–Crippen MR) is 68.1 cm³/mol.